The summed E-state index contributed by atoms with van der Waals surface area (Å²) in [4.78, 5) is 0. The Labute approximate surface area is 88.4 Å². The van der Waals surface area contributed by atoms with Crippen LogP contribution in [-0.2, 0) is 6.54 Å². The Bertz CT molecular complexity index is 376. The van der Waals surface area contributed by atoms with Crippen molar-refractivity contribution in [1.29, 1.82) is 0 Å². The van der Waals surface area contributed by atoms with Crippen LogP contribution in [0.2, 0.25) is 0 Å². The maximum Gasteiger partial charge on any atom is 0.124 e. The molecule has 0 amide bonds. The lowest BCUT2D eigenvalue weighted by Crippen LogP contribution is -2.33. The molecule has 1 aromatic rings. The fourth-order valence-electron chi connectivity index (χ4n) is 2.11. The summed E-state index contributed by atoms with van der Waals surface area (Å²) in [6.07, 6.45) is 2.59. The molecule has 0 radical (unpaired) electrons. The predicted molar refractivity (Wildman–Crippen MR) is 55.2 cm³/mol. The molecule has 1 aliphatic carbocycles. The van der Waals surface area contributed by atoms with E-state index in [1.807, 2.05) is 0 Å². The average Bonchev–Trinajstić information content (AvgIpc) is 3.01. The first-order valence-corrected chi connectivity index (χ1v) is 5.47. The molecule has 0 bridgehead atoms. The summed E-state index contributed by atoms with van der Waals surface area (Å²) in [6.45, 7) is 1.43. The molecule has 1 aliphatic heterocycles. The summed E-state index contributed by atoms with van der Waals surface area (Å²) in [5.41, 5.74) is 0.929. The van der Waals surface area contributed by atoms with Crippen LogP contribution < -0.4 is 10.1 Å². The zero-order valence-corrected chi connectivity index (χ0v) is 8.50. The molecule has 2 aliphatic rings. The molecule has 1 fully saturated rings. The van der Waals surface area contributed by atoms with Crippen molar-refractivity contribution in [3.63, 3.8) is 0 Å². The third-order valence-electron chi connectivity index (χ3n) is 3.19. The minimum atomic E-state index is -0.191. The quantitative estimate of drug-likeness (QED) is 0.761. The molecule has 1 heterocycles. The van der Waals surface area contributed by atoms with E-state index in [0.717, 1.165) is 17.2 Å². The van der Waals surface area contributed by atoms with Gasteiger partial charge in [-0.25, -0.2) is 4.39 Å². The first-order chi connectivity index (χ1) is 7.33. The van der Waals surface area contributed by atoms with Crippen molar-refractivity contribution >= 4 is 0 Å². The number of rotatable bonds is 1. The summed E-state index contributed by atoms with van der Waals surface area (Å²) in [7, 11) is 0. The summed E-state index contributed by atoms with van der Waals surface area (Å²) < 4.78 is 18.7. The van der Waals surface area contributed by atoms with Crippen molar-refractivity contribution in [2.45, 2.75) is 25.4 Å². The Morgan fingerprint density at radius 3 is 3.00 bits per heavy atom. The van der Waals surface area contributed by atoms with Gasteiger partial charge < -0.3 is 10.1 Å². The zero-order chi connectivity index (χ0) is 10.3. The van der Waals surface area contributed by atoms with Gasteiger partial charge in [-0.15, -0.1) is 0 Å². The van der Waals surface area contributed by atoms with Gasteiger partial charge in [-0.3, -0.25) is 0 Å². The number of hydrogen-bond acceptors (Lipinski definition) is 2. The maximum absolute atomic E-state index is 13.0. The molecule has 2 nitrogen and oxygen atoms in total. The van der Waals surface area contributed by atoms with Crippen molar-refractivity contribution in [3.05, 3.63) is 29.6 Å². The fourth-order valence-corrected chi connectivity index (χ4v) is 2.11. The highest BCUT2D eigenvalue weighted by atomic mass is 19.1. The second-order valence-electron chi connectivity index (χ2n) is 4.39. The zero-order valence-electron chi connectivity index (χ0n) is 8.50. The van der Waals surface area contributed by atoms with Gasteiger partial charge >= 0.3 is 0 Å². The summed E-state index contributed by atoms with van der Waals surface area (Å²) in [6, 6.07) is 5.18. The third-order valence-corrected chi connectivity index (χ3v) is 3.19. The molecule has 1 saturated carbocycles. The monoisotopic (exact) mass is 207 g/mol. The summed E-state index contributed by atoms with van der Waals surface area (Å²) in [5, 5.41) is 3.44. The minimum Gasteiger partial charge on any atom is -0.492 e. The van der Waals surface area contributed by atoms with Gasteiger partial charge in [-0.2, -0.15) is 0 Å². The van der Waals surface area contributed by atoms with Gasteiger partial charge in [0.15, 0.2) is 0 Å². The minimum absolute atomic E-state index is 0.191. The highest BCUT2D eigenvalue weighted by Crippen LogP contribution is 2.34. The lowest BCUT2D eigenvalue weighted by atomic mass is 10.2. The molecular weight excluding hydrogens is 193 g/mol. The van der Waals surface area contributed by atoms with Crippen LogP contribution >= 0.6 is 0 Å². The Balaban J connectivity index is 1.81. The smallest absolute Gasteiger partial charge is 0.124 e. The van der Waals surface area contributed by atoms with Gasteiger partial charge in [0.2, 0.25) is 0 Å². The van der Waals surface area contributed by atoms with Crippen LogP contribution in [0.3, 0.4) is 0 Å². The molecule has 80 valence electrons. The number of hydrogen-bond donors (Lipinski definition) is 1. The van der Waals surface area contributed by atoms with E-state index in [4.69, 9.17) is 4.74 Å². The van der Waals surface area contributed by atoms with Gasteiger partial charge in [0, 0.05) is 18.2 Å². The van der Waals surface area contributed by atoms with Crippen LogP contribution in [0.4, 0.5) is 4.39 Å². The van der Waals surface area contributed by atoms with E-state index in [1.165, 1.54) is 18.9 Å². The van der Waals surface area contributed by atoms with Crippen molar-refractivity contribution in [2.75, 3.05) is 6.61 Å². The average molecular weight is 207 g/mol. The van der Waals surface area contributed by atoms with Gasteiger partial charge in [0.05, 0.1) is 0 Å². The molecule has 3 heteroatoms. The molecule has 15 heavy (non-hydrogen) atoms. The molecule has 3 rings (SSSR count). The predicted octanol–water partition coefficient (Wildman–Crippen LogP) is 2.09. The number of benzene rings is 1. The van der Waals surface area contributed by atoms with Crippen molar-refractivity contribution < 1.29 is 9.13 Å². The first-order valence-electron chi connectivity index (χ1n) is 5.47. The van der Waals surface area contributed by atoms with E-state index in [-0.39, 0.29) is 5.82 Å². The lowest BCUT2D eigenvalue weighted by Gasteiger charge is -2.13. The summed E-state index contributed by atoms with van der Waals surface area (Å²) in [5.74, 6) is 1.40. The number of ether oxygens (including phenoxy) is 1. The maximum atomic E-state index is 13.0. The van der Waals surface area contributed by atoms with E-state index in [0.29, 0.717) is 19.2 Å². The van der Waals surface area contributed by atoms with E-state index in [9.17, 15) is 4.39 Å². The van der Waals surface area contributed by atoms with Gasteiger partial charge in [0.1, 0.15) is 18.2 Å². The van der Waals surface area contributed by atoms with E-state index < -0.39 is 0 Å². The number of fused-ring (bicyclic) bond motifs is 1. The van der Waals surface area contributed by atoms with Gasteiger partial charge in [0.25, 0.3) is 0 Å². The highest BCUT2D eigenvalue weighted by Gasteiger charge is 2.32. The topological polar surface area (TPSA) is 21.3 Å². The van der Waals surface area contributed by atoms with Gasteiger partial charge in [-0.1, -0.05) is 0 Å². The Kier molecular flexibility index (Phi) is 2.13. The Morgan fingerprint density at radius 2 is 2.20 bits per heavy atom. The van der Waals surface area contributed by atoms with E-state index in [1.54, 1.807) is 12.1 Å². The van der Waals surface area contributed by atoms with Crippen LogP contribution in [0.1, 0.15) is 18.4 Å². The van der Waals surface area contributed by atoms with Crippen molar-refractivity contribution in [1.82, 2.24) is 5.32 Å². The fraction of sp³-hybridized carbons (Fsp3) is 0.500. The van der Waals surface area contributed by atoms with E-state index >= 15 is 0 Å². The third kappa shape index (κ3) is 1.84. The molecule has 1 N–H and O–H groups in total. The standard InChI is InChI=1S/C12H14FNO/c13-10-3-4-12-9(5-10)6-14-11(7-15-12)8-1-2-8/h3-5,8,11,14H,1-2,6-7H2. The van der Waals surface area contributed by atoms with Crippen LogP contribution in [0.25, 0.3) is 0 Å². The second-order valence-corrected chi connectivity index (χ2v) is 4.39. The van der Waals surface area contributed by atoms with Crippen LogP contribution in [-0.4, -0.2) is 12.6 Å². The molecule has 1 atom stereocenters. The normalized spacial score (nSPS) is 25.3. The number of halogens is 1. The van der Waals surface area contributed by atoms with Crippen molar-refractivity contribution in [2.24, 2.45) is 5.92 Å². The van der Waals surface area contributed by atoms with Gasteiger partial charge in [-0.05, 0) is 37.0 Å². The first kappa shape index (κ1) is 9.16. The summed E-state index contributed by atoms with van der Waals surface area (Å²) >= 11 is 0. The van der Waals surface area contributed by atoms with Crippen LogP contribution in [0.15, 0.2) is 18.2 Å². The number of nitrogens with one attached hydrogen (secondary N) is 1. The SMILES string of the molecule is Fc1ccc2c(c1)CNC(C1CC1)CO2. The molecular formula is C12H14FNO. The molecule has 0 spiro atoms. The largest absolute Gasteiger partial charge is 0.492 e. The molecule has 1 aromatic carbocycles. The van der Waals surface area contributed by atoms with Crippen molar-refractivity contribution in [3.8, 4) is 5.75 Å². The van der Waals surface area contributed by atoms with E-state index in [2.05, 4.69) is 5.32 Å². The Morgan fingerprint density at radius 1 is 1.33 bits per heavy atom. The van der Waals surface area contributed by atoms with Crippen LogP contribution in [0, 0.1) is 11.7 Å². The van der Waals surface area contributed by atoms with Crippen LogP contribution in [0.5, 0.6) is 5.75 Å². The second kappa shape index (κ2) is 3.49. The highest BCUT2D eigenvalue weighted by molar-refractivity contribution is 5.34. The molecule has 0 aromatic heterocycles. The molecule has 1 unspecified atom stereocenters. The Hall–Kier alpha value is -1.09. The molecule has 0 saturated heterocycles. The lowest BCUT2D eigenvalue weighted by molar-refractivity contribution is 0.263.